The summed E-state index contributed by atoms with van der Waals surface area (Å²) in [4.78, 5) is 9.09. The highest BCUT2D eigenvalue weighted by Crippen LogP contribution is 1.92. The molecule has 0 saturated carbocycles. The average Bonchev–Trinajstić information content (AvgIpc) is 2.06. The quantitative estimate of drug-likeness (QED) is 0.520. The van der Waals surface area contributed by atoms with Crippen LogP contribution in [0.1, 0.15) is 18.9 Å². The lowest BCUT2D eigenvalue weighted by Crippen LogP contribution is -1.96. The first kappa shape index (κ1) is 11.6. The van der Waals surface area contributed by atoms with Gasteiger partial charge in [0, 0.05) is 11.3 Å². The van der Waals surface area contributed by atoms with E-state index in [2.05, 4.69) is 19.1 Å². The fourth-order valence-corrected chi connectivity index (χ4v) is 0.717. The van der Waals surface area contributed by atoms with E-state index in [1.54, 1.807) is 6.92 Å². The van der Waals surface area contributed by atoms with Gasteiger partial charge in [-0.1, -0.05) is 42.8 Å². The number of aryl methyl sites for hydroxylation is 1. The molecule has 0 aliphatic carbocycles. The first-order chi connectivity index (χ1) is 6.16. The van der Waals surface area contributed by atoms with Crippen LogP contribution in [0.3, 0.4) is 0 Å². The number of hydrogen-bond donors (Lipinski definition) is 0. The van der Waals surface area contributed by atoms with Crippen molar-refractivity contribution in [2.45, 2.75) is 20.3 Å². The molecule has 0 atom stereocenters. The van der Waals surface area contributed by atoms with Crippen molar-refractivity contribution in [3.63, 3.8) is 0 Å². The molecule has 1 aromatic rings. The van der Waals surface area contributed by atoms with Gasteiger partial charge >= 0.3 is 0 Å². The zero-order chi connectivity index (χ0) is 10.1. The Morgan fingerprint density at radius 2 is 1.85 bits per heavy atom. The van der Waals surface area contributed by atoms with Crippen LogP contribution in [0.15, 0.2) is 30.3 Å². The van der Waals surface area contributed by atoms with Gasteiger partial charge in [-0.2, -0.15) is 0 Å². The molecule has 0 heterocycles. The lowest BCUT2D eigenvalue weighted by Gasteiger charge is -1.82. The average molecular weight is 181 g/mol. The molecular weight excluding hydrogens is 166 g/mol. The van der Waals surface area contributed by atoms with E-state index < -0.39 is 0 Å². The number of nitrogens with zero attached hydrogens (tertiary/aromatic N) is 1. The summed E-state index contributed by atoms with van der Waals surface area (Å²) in [7, 11) is 0. The second-order valence-electron chi connectivity index (χ2n) is 2.71. The summed E-state index contributed by atoms with van der Waals surface area (Å²) in [5, 5.41) is 9.40. The third-order valence-electron chi connectivity index (χ3n) is 1.35. The van der Waals surface area contributed by atoms with Crippen molar-refractivity contribution >= 4 is 0 Å². The maximum absolute atomic E-state index is 9.40. The third-order valence-corrected chi connectivity index (χ3v) is 1.35. The Kier molecular flexibility index (Phi) is 6.51. The van der Waals surface area contributed by atoms with Crippen LogP contribution in [-0.4, -0.2) is 11.5 Å². The maximum Gasteiger partial charge on any atom is 0.203 e. The molecule has 1 aromatic carbocycles. The van der Waals surface area contributed by atoms with Gasteiger partial charge in [0.15, 0.2) is 0 Å². The van der Waals surface area contributed by atoms with Crippen molar-refractivity contribution in [1.29, 1.82) is 0 Å². The Labute approximate surface area is 78.5 Å². The molecule has 13 heavy (non-hydrogen) atoms. The lowest BCUT2D eigenvalue weighted by atomic mass is 10.2. The molecule has 3 heteroatoms. The number of benzene rings is 1. The number of rotatable bonds is 2. The molecule has 0 N–H and O–H groups in total. The van der Waals surface area contributed by atoms with Gasteiger partial charge in [-0.3, -0.25) is 10.1 Å². The highest BCUT2D eigenvalue weighted by atomic mass is 16.6. The SMILES string of the molecule is CCC[N+](=O)[O-].Cc1ccccc1. The molecule has 0 unspecified atom stereocenters. The minimum absolute atomic E-state index is 0.0972. The zero-order valence-electron chi connectivity index (χ0n) is 8.06. The molecule has 0 bridgehead atoms. The van der Waals surface area contributed by atoms with Crippen LogP contribution in [0.4, 0.5) is 0 Å². The summed E-state index contributed by atoms with van der Waals surface area (Å²) < 4.78 is 0. The summed E-state index contributed by atoms with van der Waals surface area (Å²) in [6.45, 7) is 3.96. The van der Waals surface area contributed by atoms with Gasteiger partial charge in [-0.05, 0) is 6.92 Å². The second kappa shape index (κ2) is 7.28. The molecule has 0 amide bonds. The minimum atomic E-state index is -0.319. The summed E-state index contributed by atoms with van der Waals surface area (Å²) >= 11 is 0. The summed E-state index contributed by atoms with van der Waals surface area (Å²) in [6, 6.07) is 10.3. The first-order valence-electron chi connectivity index (χ1n) is 4.30. The number of nitro groups is 1. The van der Waals surface area contributed by atoms with Gasteiger partial charge < -0.3 is 0 Å². The fourth-order valence-electron chi connectivity index (χ4n) is 0.717. The fraction of sp³-hybridized carbons (Fsp3) is 0.400. The molecule has 0 spiro atoms. The second-order valence-corrected chi connectivity index (χ2v) is 2.71. The standard InChI is InChI=1S/C7H8.C3H7NO2/c1-7-5-3-2-4-6-7;1-2-3-4(5)6/h2-6H,1H3;2-3H2,1H3. The monoisotopic (exact) mass is 181 g/mol. The predicted molar refractivity (Wildman–Crippen MR) is 53.3 cm³/mol. The minimum Gasteiger partial charge on any atom is -0.265 e. The highest BCUT2D eigenvalue weighted by molar-refractivity contribution is 5.11. The Morgan fingerprint density at radius 3 is 2.00 bits per heavy atom. The van der Waals surface area contributed by atoms with E-state index in [1.165, 1.54) is 5.56 Å². The van der Waals surface area contributed by atoms with Crippen molar-refractivity contribution in [3.05, 3.63) is 46.0 Å². The molecule has 0 aromatic heterocycles. The van der Waals surface area contributed by atoms with E-state index in [1.807, 2.05) is 18.2 Å². The van der Waals surface area contributed by atoms with E-state index in [4.69, 9.17) is 0 Å². The van der Waals surface area contributed by atoms with E-state index in [-0.39, 0.29) is 11.5 Å². The maximum atomic E-state index is 9.40. The van der Waals surface area contributed by atoms with Crippen LogP contribution in [0.25, 0.3) is 0 Å². The molecule has 0 radical (unpaired) electrons. The van der Waals surface area contributed by atoms with Crippen molar-refractivity contribution in [3.8, 4) is 0 Å². The smallest absolute Gasteiger partial charge is 0.203 e. The van der Waals surface area contributed by atoms with Gasteiger partial charge in [0.05, 0.1) is 0 Å². The molecule has 72 valence electrons. The molecular formula is C10H15NO2. The van der Waals surface area contributed by atoms with Gasteiger partial charge in [0.2, 0.25) is 6.54 Å². The Hall–Kier alpha value is -1.38. The molecule has 0 aliphatic heterocycles. The molecule has 0 aliphatic rings. The van der Waals surface area contributed by atoms with Crippen LogP contribution in [-0.2, 0) is 0 Å². The zero-order valence-corrected chi connectivity index (χ0v) is 8.06. The van der Waals surface area contributed by atoms with E-state index in [0.29, 0.717) is 6.42 Å². The van der Waals surface area contributed by atoms with Crippen LogP contribution >= 0.6 is 0 Å². The van der Waals surface area contributed by atoms with Gasteiger partial charge in [0.1, 0.15) is 0 Å². The molecule has 1 rings (SSSR count). The highest BCUT2D eigenvalue weighted by Gasteiger charge is 1.85. The van der Waals surface area contributed by atoms with Crippen molar-refractivity contribution in [2.24, 2.45) is 0 Å². The molecule has 0 fully saturated rings. The van der Waals surface area contributed by atoms with Crippen LogP contribution < -0.4 is 0 Å². The summed E-state index contributed by atoms with van der Waals surface area (Å²) in [5.74, 6) is 0. The largest absolute Gasteiger partial charge is 0.265 e. The Morgan fingerprint density at radius 1 is 1.31 bits per heavy atom. The van der Waals surface area contributed by atoms with E-state index in [0.717, 1.165) is 0 Å². The van der Waals surface area contributed by atoms with Crippen LogP contribution in [0, 0.1) is 17.0 Å². The Bertz CT molecular complexity index is 234. The van der Waals surface area contributed by atoms with Crippen molar-refractivity contribution < 1.29 is 4.92 Å². The first-order valence-corrected chi connectivity index (χ1v) is 4.30. The third kappa shape index (κ3) is 8.53. The van der Waals surface area contributed by atoms with Gasteiger partial charge in [-0.15, -0.1) is 0 Å². The Balaban J connectivity index is 0.000000226. The van der Waals surface area contributed by atoms with Crippen molar-refractivity contribution in [2.75, 3.05) is 6.54 Å². The van der Waals surface area contributed by atoms with Crippen molar-refractivity contribution in [1.82, 2.24) is 0 Å². The van der Waals surface area contributed by atoms with Crippen LogP contribution in [0.5, 0.6) is 0 Å². The van der Waals surface area contributed by atoms with Gasteiger partial charge in [-0.25, -0.2) is 0 Å². The predicted octanol–water partition coefficient (Wildman–Crippen LogP) is 2.67. The summed E-state index contributed by atoms with van der Waals surface area (Å²) in [5.41, 5.74) is 1.32. The van der Waals surface area contributed by atoms with E-state index in [9.17, 15) is 10.1 Å². The number of hydrogen-bond acceptors (Lipinski definition) is 2. The summed E-state index contributed by atoms with van der Waals surface area (Å²) in [6.07, 6.45) is 0.632. The molecule has 3 nitrogen and oxygen atoms in total. The normalized spacial score (nSPS) is 8.46. The topological polar surface area (TPSA) is 43.1 Å². The molecule has 0 saturated heterocycles. The lowest BCUT2D eigenvalue weighted by molar-refractivity contribution is -0.479. The van der Waals surface area contributed by atoms with E-state index >= 15 is 0 Å². The van der Waals surface area contributed by atoms with Gasteiger partial charge in [0.25, 0.3) is 0 Å². The van der Waals surface area contributed by atoms with Crippen LogP contribution in [0.2, 0.25) is 0 Å².